The van der Waals surface area contributed by atoms with Gasteiger partial charge < -0.3 is 20.0 Å². The van der Waals surface area contributed by atoms with Gasteiger partial charge in [-0.3, -0.25) is 9.67 Å². The molecule has 0 bridgehead atoms. The van der Waals surface area contributed by atoms with Crippen LogP contribution in [0.25, 0.3) is 0 Å². The number of aliphatic imine (C=N–C) groups is 1. The van der Waals surface area contributed by atoms with Gasteiger partial charge in [0.1, 0.15) is 0 Å². The number of guanidine groups is 1. The van der Waals surface area contributed by atoms with Crippen molar-refractivity contribution in [3.63, 3.8) is 0 Å². The van der Waals surface area contributed by atoms with E-state index in [0.29, 0.717) is 11.8 Å². The predicted octanol–water partition coefficient (Wildman–Crippen LogP) is 2.21. The van der Waals surface area contributed by atoms with Crippen LogP contribution in [-0.2, 0) is 13.6 Å². The van der Waals surface area contributed by atoms with Gasteiger partial charge in [0.25, 0.3) is 0 Å². The fourth-order valence-electron chi connectivity index (χ4n) is 3.99. The molecule has 1 aromatic heterocycles. The van der Waals surface area contributed by atoms with Gasteiger partial charge in [-0.2, -0.15) is 5.10 Å². The topological polar surface area (TPSA) is 51.9 Å². The maximum Gasteiger partial charge on any atom is 0.193 e. The van der Waals surface area contributed by atoms with Crippen LogP contribution in [0.4, 0.5) is 0 Å². The first-order chi connectivity index (χ1) is 13.8. The summed E-state index contributed by atoms with van der Waals surface area (Å²) in [7, 11) is 4.11. The fraction of sp³-hybridized carbons (Fsp3) is 0.818. The Balaban J connectivity index is 1.92. The van der Waals surface area contributed by atoms with Gasteiger partial charge in [-0.25, -0.2) is 0 Å². The molecule has 0 saturated carbocycles. The van der Waals surface area contributed by atoms with E-state index >= 15 is 0 Å². The van der Waals surface area contributed by atoms with E-state index in [2.05, 4.69) is 73.0 Å². The predicted molar refractivity (Wildman–Crippen MR) is 122 cm³/mol. The van der Waals surface area contributed by atoms with E-state index in [1.165, 1.54) is 44.0 Å². The molecule has 2 heterocycles. The number of piperazine rings is 1. The summed E-state index contributed by atoms with van der Waals surface area (Å²) in [6.07, 6.45) is 2.13. The first-order valence-electron chi connectivity index (χ1n) is 11.3. The normalized spacial score (nSPS) is 17.7. The summed E-state index contributed by atoms with van der Waals surface area (Å²) in [5, 5.41) is 8.10. The van der Waals surface area contributed by atoms with E-state index in [1.807, 2.05) is 11.7 Å². The molecule has 1 N–H and O–H groups in total. The van der Waals surface area contributed by atoms with Crippen molar-refractivity contribution in [1.29, 1.82) is 0 Å². The summed E-state index contributed by atoms with van der Waals surface area (Å²) >= 11 is 0. The van der Waals surface area contributed by atoms with E-state index in [4.69, 9.17) is 4.99 Å². The summed E-state index contributed by atoms with van der Waals surface area (Å²) in [5.41, 5.74) is 2.45. The molecule has 1 aromatic rings. The van der Waals surface area contributed by atoms with E-state index < -0.39 is 0 Å². The van der Waals surface area contributed by atoms with Gasteiger partial charge in [0.05, 0.1) is 5.69 Å². The van der Waals surface area contributed by atoms with Crippen LogP contribution < -0.4 is 5.32 Å². The highest BCUT2D eigenvalue weighted by Gasteiger charge is 2.18. The minimum Gasteiger partial charge on any atom is -0.357 e. The quantitative estimate of drug-likeness (QED) is 0.504. The number of nitrogens with zero attached hydrogens (tertiary/aromatic N) is 6. The van der Waals surface area contributed by atoms with Crippen LogP contribution >= 0.6 is 0 Å². The standard InChI is InChI=1S/C22H43N7/c1-8-23-22(26(6)16-20-17-27(7)25-21(20)18(3)4)24-14-19(5)15-29-12-10-28(9-2)11-13-29/h17-19H,8-16H2,1-7H3,(H,23,24). The zero-order valence-corrected chi connectivity index (χ0v) is 19.8. The molecule has 29 heavy (non-hydrogen) atoms. The van der Waals surface area contributed by atoms with Crippen molar-refractivity contribution in [2.75, 3.05) is 59.4 Å². The third kappa shape index (κ3) is 7.30. The highest BCUT2D eigenvalue weighted by molar-refractivity contribution is 5.79. The second kappa shape index (κ2) is 11.6. The van der Waals surface area contributed by atoms with E-state index in [1.54, 1.807) is 0 Å². The average molecular weight is 406 g/mol. The molecule has 1 aliphatic heterocycles. The smallest absolute Gasteiger partial charge is 0.193 e. The molecule has 166 valence electrons. The Morgan fingerprint density at radius 2 is 1.83 bits per heavy atom. The van der Waals surface area contributed by atoms with Crippen LogP contribution in [0.5, 0.6) is 0 Å². The Kier molecular flexibility index (Phi) is 9.43. The van der Waals surface area contributed by atoms with Crippen molar-refractivity contribution < 1.29 is 0 Å². The van der Waals surface area contributed by atoms with Crippen molar-refractivity contribution in [2.45, 2.75) is 47.1 Å². The largest absolute Gasteiger partial charge is 0.357 e. The molecule has 0 aromatic carbocycles. The fourth-order valence-corrected chi connectivity index (χ4v) is 3.99. The second-order valence-electron chi connectivity index (χ2n) is 8.76. The van der Waals surface area contributed by atoms with Gasteiger partial charge in [0, 0.05) is 78.2 Å². The Morgan fingerprint density at radius 3 is 2.41 bits per heavy atom. The van der Waals surface area contributed by atoms with Crippen molar-refractivity contribution in [3.05, 3.63) is 17.5 Å². The van der Waals surface area contributed by atoms with E-state index in [0.717, 1.165) is 32.1 Å². The molecule has 1 aliphatic rings. The molecule has 7 nitrogen and oxygen atoms in total. The van der Waals surface area contributed by atoms with Crippen LogP contribution in [0.3, 0.4) is 0 Å². The molecule has 0 spiro atoms. The molecular formula is C22H43N7. The van der Waals surface area contributed by atoms with Gasteiger partial charge in [0.15, 0.2) is 5.96 Å². The number of likely N-dealkylation sites (N-methyl/N-ethyl adjacent to an activating group) is 1. The maximum atomic E-state index is 4.95. The molecule has 1 atom stereocenters. The summed E-state index contributed by atoms with van der Waals surface area (Å²) in [6, 6.07) is 0. The SMILES string of the molecule is CCNC(=NCC(C)CN1CCN(CC)CC1)N(C)Cc1cn(C)nc1C(C)C. The second-order valence-corrected chi connectivity index (χ2v) is 8.76. The molecule has 1 saturated heterocycles. The minimum atomic E-state index is 0.423. The molecule has 1 fully saturated rings. The van der Waals surface area contributed by atoms with E-state index in [9.17, 15) is 0 Å². The van der Waals surface area contributed by atoms with Crippen molar-refractivity contribution in [3.8, 4) is 0 Å². The van der Waals surface area contributed by atoms with Crippen LogP contribution in [-0.4, -0.2) is 89.8 Å². The summed E-state index contributed by atoms with van der Waals surface area (Å²) in [5.74, 6) is 1.95. The van der Waals surface area contributed by atoms with Crippen LogP contribution in [0.1, 0.15) is 51.8 Å². The van der Waals surface area contributed by atoms with Gasteiger partial charge >= 0.3 is 0 Å². The lowest BCUT2D eigenvalue weighted by Gasteiger charge is -2.35. The molecular weight excluding hydrogens is 362 g/mol. The van der Waals surface area contributed by atoms with Gasteiger partial charge in [-0.1, -0.05) is 27.7 Å². The first-order valence-corrected chi connectivity index (χ1v) is 11.3. The van der Waals surface area contributed by atoms with Crippen LogP contribution in [0.15, 0.2) is 11.2 Å². The summed E-state index contributed by atoms with van der Waals surface area (Å²) in [4.78, 5) is 12.3. The number of aryl methyl sites for hydroxylation is 1. The molecule has 2 rings (SSSR count). The molecule has 0 radical (unpaired) electrons. The maximum absolute atomic E-state index is 4.95. The zero-order valence-electron chi connectivity index (χ0n) is 19.8. The van der Waals surface area contributed by atoms with Gasteiger partial charge in [0.2, 0.25) is 0 Å². The molecule has 0 aliphatic carbocycles. The number of rotatable bonds is 9. The van der Waals surface area contributed by atoms with Crippen molar-refractivity contribution >= 4 is 5.96 Å². The zero-order chi connectivity index (χ0) is 21.4. The Labute approximate surface area is 178 Å². The Bertz CT molecular complexity index is 629. The first kappa shape index (κ1) is 23.7. The van der Waals surface area contributed by atoms with Crippen LogP contribution in [0, 0.1) is 5.92 Å². The lowest BCUT2D eigenvalue weighted by Crippen LogP contribution is -2.47. The van der Waals surface area contributed by atoms with Crippen molar-refractivity contribution in [1.82, 2.24) is 29.8 Å². The van der Waals surface area contributed by atoms with Crippen molar-refractivity contribution in [2.24, 2.45) is 18.0 Å². The Hall–Kier alpha value is -1.60. The summed E-state index contributed by atoms with van der Waals surface area (Å²) < 4.78 is 1.92. The molecule has 0 amide bonds. The van der Waals surface area contributed by atoms with Gasteiger partial charge in [-0.15, -0.1) is 0 Å². The van der Waals surface area contributed by atoms with E-state index in [-0.39, 0.29) is 0 Å². The lowest BCUT2D eigenvalue weighted by atomic mass is 10.1. The number of aromatic nitrogens is 2. The molecule has 1 unspecified atom stereocenters. The number of hydrogen-bond donors (Lipinski definition) is 1. The monoisotopic (exact) mass is 405 g/mol. The third-order valence-electron chi connectivity index (χ3n) is 5.62. The number of nitrogens with one attached hydrogen (secondary N) is 1. The average Bonchev–Trinajstić information content (AvgIpc) is 3.06. The lowest BCUT2D eigenvalue weighted by molar-refractivity contribution is 0.125. The number of hydrogen-bond acceptors (Lipinski definition) is 4. The highest BCUT2D eigenvalue weighted by Crippen LogP contribution is 2.18. The third-order valence-corrected chi connectivity index (χ3v) is 5.62. The van der Waals surface area contributed by atoms with Gasteiger partial charge in [-0.05, 0) is 25.3 Å². The highest BCUT2D eigenvalue weighted by atomic mass is 15.3. The van der Waals surface area contributed by atoms with Crippen LogP contribution in [0.2, 0.25) is 0 Å². The minimum absolute atomic E-state index is 0.423. The Morgan fingerprint density at radius 1 is 1.17 bits per heavy atom. The summed E-state index contributed by atoms with van der Waals surface area (Å²) in [6.45, 7) is 20.7. The molecule has 7 heteroatoms.